The van der Waals surface area contributed by atoms with E-state index in [1.165, 1.54) is 49.8 Å². The number of thioether (sulfide) groups is 1. The second kappa shape index (κ2) is 13.4. The Hall–Kier alpha value is -1.17. The first-order chi connectivity index (χ1) is 15.2. The second-order valence-electron chi connectivity index (χ2n) is 8.29. The lowest BCUT2D eigenvalue weighted by Gasteiger charge is -2.30. The van der Waals surface area contributed by atoms with Gasteiger partial charge in [-0.1, -0.05) is 49.6 Å². The third-order valence-electron chi connectivity index (χ3n) is 6.09. The average Bonchev–Trinajstić information content (AvgIpc) is 3.27. The van der Waals surface area contributed by atoms with Gasteiger partial charge in [0.2, 0.25) is 0 Å². The van der Waals surface area contributed by atoms with E-state index in [1.54, 1.807) is 5.56 Å². The summed E-state index contributed by atoms with van der Waals surface area (Å²) in [5.41, 5.74) is 2.97. The zero-order valence-corrected chi connectivity index (χ0v) is 20.0. The summed E-state index contributed by atoms with van der Waals surface area (Å²) in [6, 6.07) is 15.4. The van der Waals surface area contributed by atoms with Gasteiger partial charge in [-0.3, -0.25) is 9.55 Å². The van der Waals surface area contributed by atoms with Gasteiger partial charge in [-0.15, -0.1) is 11.8 Å². The molecular weight excluding hydrogens is 427 g/mol. The molecule has 0 aliphatic heterocycles. The molecule has 1 saturated carbocycles. The van der Waals surface area contributed by atoms with Crippen LogP contribution in [0.5, 0.6) is 0 Å². The Bertz CT molecular complexity index is 783. The van der Waals surface area contributed by atoms with Crippen molar-refractivity contribution in [3.63, 3.8) is 0 Å². The number of unbranched alkanes of at least 4 members (excludes halogenated alkanes) is 1. The molecule has 2 aromatic rings. The molecule has 2 N–H and O–H groups in total. The summed E-state index contributed by atoms with van der Waals surface area (Å²) in [5, 5.41) is 3.28. The minimum absolute atomic E-state index is 0.302. The molecule has 0 saturated heterocycles. The fourth-order valence-corrected chi connectivity index (χ4v) is 5.65. The molecule has 1 aliphatic carbocycles. The van der Waals surface area contributed by atoms with Crippen LogP contribution < -0.4 is 5.32 Å². The van der Waals surface area contributed by atoms with Crippen molar-refractivity contribution in [3.05, 3.63) is 59.9 Å². The highest BCUT2D eigenvalue weighted by Gasteiger charge is 2.34. The monoisotopic (exact) mass is 462 g/mol. The smallest absolute Gasteiger partial charge is 0.316 e. The van der Waals surface area contributed by atoms with E-state index in [-0.39, 0.29) is 0 Å². The van der Waals surface area contributed by atoms with Gasteiger partial charge in [0.25, 0.3) is 0 Å². The first-order valence-corrected chi connectivity index (χ1v) is 13.6. The summed E-state index contributed by atoms with van der Waals surface area (Å²) < 4.78 is 15.1. The van der Waals surface area contributed by atoms with Crippen LogP contribution in [0, 0.1) is 0 Å². The fraction of sp³-hybridized carbons (Fsp3) is 0.542. The molecule has 0 amide bonds. The molecule has 1 aromatic heterocycles. The Balaban J connectivity index is 1.31. The lowest BCUT2D eigenvalue weighted by Crippen LogP contribution is -2.21. The first kappa shape index (κ1) is 24.5. The van der Waals surface area contributed by atoms with E-state index in [0.29, 0.717) is 25.0 Å². The van der Waals surface area contributed by atoms with Gasteiger partial charge in [-0.25, -0.2) is 0 Å². The van der Waals surface area contributed by atoms with E-state index in [9.17, 15) is 4.57 Å². The maximum absolute atomic E-state index is 10.5. The lowest BCUT2D eigenvalue weighted by atomic mass is 9.75. The quantitative estimate of drug-likeness (QED) is 0.212. The number of hydrogen-bond donors (Lipinski definition) is 2. The van der Waals surface area contributed by atoms with Gasteiger partial charge in [0.1, 0.15) is 0 Å². The number of hydrogen-bond acceptors (Lipinski definition) is 5. The molecule has 1 aliphatic rings. The van der Waals surface area contributed by atoms with Gasteiger partial charge in [0, 0.05) is 17.6 Å². The van der Waals surface area contributed by atoms with Crippen LogP contribution in [0.2, 0.25) is 0 Å². The summed E-state index contributed by atoms with van der Waals surface area (Å²) in [7, 11) is -2.80. The zero-order chi connectivity index (χ0) is 21.8. The van der Waals surface area contributed by atoms with Crippen LogP contribution >= 0.6 is 20.0 Å². The molecular formula is C24H35N2O3PS. The van der Waals surface area contributed by atoms with Crippen LogP contribution in [0.1, 0.15) is 62.6 Å². The lowest BCUT2D eigenvalue weighted by molar-refractivity contribution is 0.276. The Morgan fingerprint density at radius 1 is 1.10 bits per heavy atom. The largest absolute Gasteiger partial charge is 0.326 e. The van der Waals surface area contributed by atoms with E-state index in [4.69, 9.17) is 4.89 Å². The SMILES string of the molecule is O=[PH](O)OCCCNCc1ccc(SCCCCC2(c3ccccc3)CCCC2)cn1. The topological polar surface area (TPSA) is 71.5 Å². The number of benzene rings is 1. The highest BCUT2D eigenvalue weighted by Crippen LogP contribution is 2.44. The summed E-state index contributed by atoms with van der Waals surface area (Å²) in [6.45, 7) is 1.73. The first-order valence-electron chi connectivity index (χ1n) is 11.4. The third-order valence-corrected chi connectivity index (χ3v) is 7.61. The van der Waals surface area contributed by atoms with Gasteiger partial charge in [0.15, 0.2) is 0 Å². The van der Waals surface area contributed by atoms with Crippen molar-refractivity contribution in [2.45, 2.75) is 68.2 Å². The average molecular weight is 463 g/mol. The molecule has 7 heteroatoms. The van der Waals surface area contributed by atoms with Crippen molar-refractivity contribution in [1.82, 2.24) is 10.3 Å². The highest BCUT2D eigenvalue weighted by atomic mass is 32.2. The fourth-order valence-electron chi connectivity index (χ4n) is 4.46. The Kier molecular flexibility index (Phi) is 10.6. The van der Waals surface area contributed by atoms with Crippen molar-refractivity contribution in [3.8, 4) is 0 Å². The number of rotatable bonds is 14. The minimum Gasteiger partial charge on any atom is -0.326 e. The van der Waals surface area contributed by atoms with Crippen molar-refractivity contribution in [2.75, 3.05) is 18.9 Å². The maximum Gasteiger partial charge on any atom is 0.316 e. The van der Waals surface area contributed by atoms with Crippen LogP contribution in [-0.4, -0.2) is 28.8 Å². The number of nitrogens with zero attached hydrogens (tertiary/aromatic N) is 1. The van der Waals surface area contributed by atoms with E-state index in [0.717, 1.165) is 18.0 Å². The van der Waals surface area contributed by atoms with Crippen LogP contribution in [0.4, 0.5) is 0 Å². The molecule has 3 rings (SSSR count). The minimum atomic E-state index is -2.80. The van der Waals surface area contributed by atoms with Crippen molar-refractivity contribution in [1.29, 1.82) is 0 Å². The zero-order valence-electron chi connectivity index (χ0n) is 18.2. The van der Waals surface area contributed by atoms with Crippen LogP contribution in [-0.2, 0) is 21.0 Å². The summed E-state index contributed by atoms with van der Waals surface area (Å²) >= 11 is 1.89. The highest BCUT2D eigenvalue weighted by molar-refractivity contribution is 7.99. The summed E-state index contributed by atoms with van der Waals surface area (Å²) in [6.07, 6.45) is 11.9. The molecule has 1 heterocycles. The summed E-state index contributed by atoms with van der Waals surface area (Å²) in [5.74, 6) is 1.14. The van der Waals surface area contributed by atoms with Crippen molar-refractivity contribution >= 4 is 20.0 Å². The predicted octanol–water partition coefficient (Wildman–Crippen LogP) is 5.73. The molecule has 0 spiro atoms. The van der Waals surface area contributed by atoms with E-state index in [2.05, 4.69) is 57.3 Å². The van der Waals surface area contributed by atoms with E-state index in [1.807, 2.05) is 18.0 Å². The molecule has 170 valence electrons. The molecule has 0 radical (unpaired) electrons. The Morgan fingerprint density at radius 2 is 1.90 bits per heavy atom. The second-order valence-corrected chi connectivity index (χ2v) is 10.3. The maximum atomic E-state index is 10.5. The number of nitrogens with one attached hydrogen (secondary N) is 1. The van der Waals surface area contributed by atoms with Gasteiger partial charge >= 0.3 is 8.25 Å². The van der Waals surface area contributed by atoms with Crippen molar-refractivity contribution in [2.24, 2.45) is 0 Å². The van der Waals surface area contributed by atoms with Gasteiger partial charge < -0.3 is 14.7 Å². The number of pyridine rings is 1. The standard InChI is InChI=1S/C24H35N2O3PS/c27-30(28)29-17-8-16-25-19-22-11-12-23(20-26-22)31-18-7-6-15-24(13-4-5-14-24)21-9-2-1-3-10-21/h1-3,9-12,20,25,30H,4-8,13-19H2,(H,27,28). The van der Waals surface area contributed by atoms with Gasteiger partial charge in [-0.05, 0) is 67.5 Å². The van der Waals surface area contributed by atoms with E-state index < -0.39 is 8.25 Å². The molecule has 1 fully saturated rings. The molecule has 1 aromatic carbocycles. The van der Waals surface area contributed by atoms with Gasteiger partial charge in [0.05, 0.1) is 12.3 Å². The summed E-state index contributed by atoms with van der Waals surface area (Å²) in [4.78, 5) is 14.4. The van der Waals surface area contributed by atoms with Gasteiger partial charge in [-0.2, -0.15) is 0 Å². The Morgan fingerprint density at radius 3 is 2.61 bits per heavy atom. The molecule has 31 heavy (non-hydrogen) atoms. The van der Waals surface area contributed by atoms with Crippen LogP contribution in [0.15, 0.2) is 53.6 Å². The molecule has 0 bridgehead atoms. The number of aromatic nitrogens is 1. The molecule has 5 nitrogen and oxygen atoms in total. The van der Waals surface area contributed by atoms with Crippen molar-refractivity contribution < 1.29 is 14.0 Å². The Labute approximate surface area is 191 Å². The van der Waals surface area contributed by atoms with Crippen LogP contribution in [0.3, 0.4) is 0 Å². The van der Waals surface area contributed by atoms with E-state index >= 15 is 0 Å². The molecule has 1 atom stereocenters. The third kappa shape index (κ3) is 8.36. The predicted molar refractivity (Wildman–Crippen MR) is 129 cm³/mol. The normalized spacial score (nSPS) is 16.4. The molecule has 1 unspecified atom stereocenters. The van der Waals surface area contributed by atoms with Crippen LogP contribution in [0.25, 0.3) is 0 Å².